The number of nitrogens with zero attached hydrogens (tertiary/aromatic N) is 1. The lowest BCUT2D eigenvalue weighted by molar-refractivity contribution is 0.112. The van der Waals surface area contributed by atoms with Gasteiger partial charge in [-0.3, -0.25) is 10.1 Å². The van der Waals surface area contributed by atoms with Crippen LogP contribution in [0.2, 0.25) is 0 Å². The summed E-state index contributed by atoms with van der Waals surface area (Å²) >= 11 is 0. The minimum Gasteiger partial charge on any atom is -0.328 e. The molecule has 2 heterocycles. The van der Waals surface area contributed by atoms with Crippen molar-refractivity contribution in [2.75, 3.05) is 6.54 Å². The fraction of sp³-hybridized carbons (Fsp3) is 0.308. The number of nitrogens with one attached hydrogen (secondary N) is 1. The van der Waals surface area contributed by atoms with Crippen molar-refractivity contribution in [3.05, 3.63) is 36.0 Å². The Morgan fingerprint density at radius 1 is 1.44 bits per heavy atom. The predicted molar refractivity (Wildman–Crippen MR) is 63.6 cm³/mol. The first-order chi connectivity index (χ1) is 7.74. The molecule has 1 aliphatic heterocycles. The van der Waals surface area contributed by atoms with Gasteiger partial charge in [0.2, 0.25) is 0 Å². The molecule has 0 aliphatic carbocycles. The Kier molecular flexibility index (Phi) is 1.91. The average Bonchev–Trinajstić information content (AvgIpc) is 2.65. The van der Waals surface area contributed by atoms with E-state index in [1.807, 2.05) is 24.4 Å². The number of fused-ring (bicyclic) bond motifs is 1. The van der Waals surface area contributed by atoms with Gasteiger partial charge in [0.25, 0.3) is 0 Å². The van der Waals surface area contributed by atoms with E-state index in [9.17, 15) is 4.79 Å². The van der Waals surface area contributed by atoms with Crippen molar-refractivity contribution in [3.8, 4) is 0 Å². The number of benzene rings is 1. The summed E-state index contributed by atoms with van der Waals surface area (Å²) in [7, 11) is 0. The van der Waals surface area contributed by atoms with Crippen LogP contribution in [0.4, 0.5) is 0 Å². The highest BCUT2D eigenvalue weighted by Crippen LogP contribution is 2.31. The third-order valence-corrected chi connectivity index (χ3v) is 3.52. The summed E-state index contributed by atoms with van der Waals surface area (Å²) in [6.07, 6.45) is 3.98. The van der Waals surface area contributed by atoms with E-state index in [1.54, 1.807) is 0 Å². The quantitative estimate of drug-likeness (QED) is 0.777. The first kappa shape index (κ1) is 9.60. The van der Waals surface area contributed by atoms with Crippen LogP contribution in [-0.4, -0.2) is 17.4 Å². The number of para-hydroxylation sites is 1. The van der Waals surface area contributed by atoms with Gasteiger partial charge in [-0.15, -0.1) is 0 Å². The molecule has 1 N–H and O–H groups in total. The third kappa shape index (κ3) is 1.15. The molecule has 3 heteroatoms. The second-order valence-electron chi connectivity index (χ2n) is 4.54. The van der Waals surface area contributed by atoms with Gasteiger partial charge in [-0.25, -0.2) is 0 Å². The average molecular weight is 214 g/mol. The van der Waals surface area contributed by atoms with E-state index in [1.165, 1.54) is 0 Å². The maximum atomic E-state index is 11.0. The van der Waals surface area contributed by atoms with E-state index < -0.39 is 0 Å². The van der Waals surface area contributed by atoms with Crippen molar-refractivity contribution >= 4 is 17.2 Å². The molecule has 1 aromatic heterocycles. The highest BCUT2D eigenvalue weighted by molar-refractivity contribution is 5.97. The molecule has 0 spiro atoms. The molecule has 82 valence electrons. The molecule has 0 unspecified atom stereocenters. The molecule has 1 aliphatic rings. The topological polar surface area (TPSA) is 34.0 Å². The first-order valence-corrected chi connectivity index (χ1v) is 5.55. The lowest BCUT2D eigenvalue weighted by Gasteiger charge is -2.42. The molecule has 1 atom stereocenters. The van der Waals surface area contributed by atoms with Crippen LogP contribution in [0.15, 0.2) is 30.5 Å². The number of aromatic nitrogens is 1. The molecule has 3 nitrogen and oxygen atoms in total. The van der Waals surface area contributed by atoms with Crippen LogP contribution < -0.4 is 5.32 Å². The van der Waals surface area contributed by atoms with Crippen molar-refractivity contribution in [2.45, 2.75) is 19.0 Å². The van der Waals surface area contributed by atoms with Gasteiger partial charge in [0.05, 0.1) is 11.2 Å². The van der Waals surface area contributed by atoms with Crippen LogP contribution in [0.1, 0.15) is 23.7 Å². The Morgan fingerprint density at radius 3 is 2.81 bits per heavy atom. The Balaban J connectivity index is 2.28. The van der Waals surface area contributed by atoms with E-state index >= 15 is 0 Å². The summed E-state index contributed by atoms with van der Waals surface area (Å²) < 4.78 is 2.18. The Labute approximate surface area is 94.1 Å². The number of carbonyl (C=O) groups excluding carboxylic acids is 1. The Morgan fingerprint density at radius 2 is 2.19 bits per heavy atom. The minimum atomic E-state index is -0.0269. The highest BCUT2D eigenvalue weighted by Gasteiger charge is 2.34. The summed E-state index contributed by atoms with van der Waals surface area (Å²) in [6.45, 7) is 3.21. The summed E-state index contributed by atoms with van der Waals surface area (Å²) in [5, 5.41) is 4.45. The second kappa shape index (κ2) is 3.19. The summed E-state index contributed by atoms with van der Waals surface area (Å²) in [5.41, 5.74) is 1.87. The smallest absolute Gasteiger partial charge is 0.152 e. The normalized spacial score (nSPS) is 24.3. The van der Waals surface area contributed by atoms with Gasteiger partial charge in [-0.1, -0.05) is 18.2 Å². The third-order valence-electron chi connectivity index (χ3n) is 3.52. The molecule has 0 amide bonds. The summed E-state index contributed by atoms with van der Waals surface area (Å²) in [6, 6.07) is 8.04. The van der Waals surface area contributed by atoms with Gasteiger partial charge in [0.15, 0.2) is 6.29 Å². The van der Waals surface area contributed by atoms with E-state index in [0.717, 1.165) is 35.7 Å². The number of hydrogen-bond donors (Lipinski definition) is 1. The number of hydrogen-bond acceptors (Lipinski definition) is 2. The van der Waals surface area contributed by atoms with Crippen LogP contribution in [0.25, 0.3) is 10.9 Å². The molecular formula is C13H14N2O. The molecular weight excluding hydrogens is 200 g/mol. The molecule has 0 radical (unpaired) electrons. The van der Waals surface area contributed by atoms with Gasteiger partial charge in [0, 0.05) is 23.7 Å². The standard InChI is InChI=1S/C13H14N2O/c1-13(6-7-14-13)15-8-10(9-16)11-4-2-3-5-12(11)15/h2-5,8-9,14H,6-7H2,1H3/t13-/m0/s1. The van der Waals surface area contributed by atoms with Gasteiger partial charge < -0.3 is 4.57 Å². The maximum absolute atomic E-state index is 11.0. The first-order valence-electron chi connectivity index (χ1n) is 5.55. The van der Waals surface area contributed by atoms with Crippen molar-refractivity contribution in [2.24, 2.45) is 0 Å². The lowest BCUT2D eigenvalue weighted by Crippen LogP contribution is -2.55. The zero-order chi connectivity index (χ0) is 11.2. The molecule has 1 aromatic carbocycles. The fourth-order valence-electron chi connectivity index (χ4n) is 2.40. The monoisotopic (exact) mass is 214 g/mol. The molecule has 3 rings (SSSR count). The molecule has 1 saturated heterocycles. The van der Waals surface area contributed by atoms with Gasteiger partial charge in [-0.2, -0.15) is 0 Å². The van der Waals surface area contributed by atoms with Crippen molar-refractivity contribution < 1.29 is 4.79 Å². The van der Waals surface area contributed by atoms with Gasteiger partial charge in [-0.05, 0) is 19.4 Å². The minimum absolute atomic E-state index is 0.0269. The predicted octanol–water partition coefficient (Wildman–Crippen LogP) is 2.12. The Hall–Kier alpha value is -1.61. The van der Waals surface area contributed by atoms with Crippen LogP contribution >= 0.6 is 0 Å². The molecule has 16 heavy (non-hydrogen) atoms. The maximum Gasteiger partial charge on any atom is 0.152 e. The molecule has 2 aromatic rings. The van der Waals surface area contributed by atoms with E-state index in [-0.39, 0.29) is 5.66 Å². The van der Waals surface area contributed by atoms with Crippen LogP contribution in [0.3, 0.4) is 0 Å². The van der Waals surface area contributed by atoms with Gasteiger partial charge in [0.1, 0.15) is 0 Å². The number of carbonyl (C=O) groups is 1. The van der Waals surface area contributed by atoms with E-state index in [2.05, 4.69) is 22.9 Å². The highest BCUT2D eigenvalue weighted by atomic mass is 16.1. The fourth-order valence-corrected chi connectivity index (χ4v) is 2.40. The second-order valence-corrected chi connectivity index (χ2v) is 4.54. The van der Waals surface area contributed by atoms with E-state index in [0.29, 0.717) is 0 Å². The Bertz CT molecular complexity index is 552. The summed E-state index contributed by atoms with van der Waals surface area (Å²) in [4.78, 5) is 11.0. The van der Waals surface area contributed by atoms with Crippen LogP contribution in [0, 0.1) is 0 Å². The number of rotatable bonds is 2. The van der Waals surface area contributed by atoms with Crippen molar-refractivity contribution in [1.29, 1.82) is 0 Å². The van der Waals surface area contributed by atoms with Crippen LogP contribution in [0.5, 0.6) is 0 Å². The molecule has 0 saturated carbocycles. The van der Waals surface area contributed by atoms with Crippen molar-refractivity contribution in [1.82, 2.24) is 9.88 Å². The largest absolute Gasteiger partial charge is 0.328 e. The van der Waals surface area contributed by atoms with Gasteiger partial charge >= 0.3 is 0 Å². The molecule has 1 fully saturated rings. The zero-order valence-corrected chi connectivity index (χ0v) is 9.23. The molecule has 0 bridgehead atoms. The van der Waals surface area contributed by atoms with Crippen LogP contribution in [-0.2, 0) is 5.66 Å². The SMILES string of the molecule is C[C@]1(n2cc(C=O)c3ccccc32)CCN1. The van der Waals surface area contributed by atoms with Crippen molar-refractivity contribution in [3.63, 3.8) is 0 Å². The zero-order valence-electron chi connectivity index (χ0n) is 9.23. The summed E-state index contributed by atoms with van der Waals surface area (Å²) in [5.74, 6) is 0. The van der Waals surface area contributed by atoms with E-state index in [4.69, 9.17) is 0 Å². The number of aldehydes is 1. The lowest BCUT2D eigenvalue weighted by atomic mass is 10.0.